The van der Waals surface area contributed by atoms with E-state index in [1.54, 1.807) is 18.3 Å². The zero-order chi connectivity index (χ0) is 11.4. The summed E-state index contributed by atoms with van der Waals surface area (Å²) < 4.78 is 13.2. The number of pyridine rings is 2. The molecule has 0 atom stereocenters. The van der Waals surface area contributed by atoms with Crippen molar-refractivity contribution < 1.29 is 9.60 Å². The zero-order valence-corrected chi connectivity index (χ0v) is 8.21. The lowest BCUT2D eigenvalue weighted by atomic mass is 10.2. The molecule has 0 aliphatic rings. The van der Waals surface area contributed by atoms with Crippen molar-refractivity contribution in [2.45, 2.75) is 0 Å². The van der Waals surface area contributed by atoms with Crippen molar-refractivity contribution in [3.8, 4) is 11.4 Å². The maximum Gasteiger partial charge on any atom is 0.150 e. The molecule has 0 radical (unpaired) electrons. The Kier molecular flexibility index (Phi) is 2.86. The van der Waals surface area contributed by atoms with Crippen LogP contribution in [0.3, 0.4) is 0 Å². The Labute approximate surface area is 91.1 Å². The van der Waals surface area contributed by atoms with Gasteiger partial charge in [-0.15, -0.1) is 0 Å². The Morgan fingerprint density at radius 1 is 1.19 bits per heavy atom. The minimum Gasteiger partial charge on any atom is -0.411 e. The average Bonchev–Trinajstić information content (AvgIpc) is 2.33. The fourth-order valence-corrected chi connectivity index (χ4v) is 1.26. The van der Waals surface area contributed by atoms with Crippen LogP contribution in [-0.2, 0) is 0 Å². The summed E-state index contributed by atoms with van der Waals surface area (Å²) in [5, 5.41) is 11.1. The predicted molar refractivity (Wildman–Crippen MR) is 56.8 cm³/mol. The van der Waals surface area contributed by atoms with E-state index < -0.39 is 5.82 Å². The maximum atomic E-state index is 13.2. The summed E-state index contributed by atoms with van der Waals surface area (Å²) in [7, 11) is 0. The van der Waals surface area contributed by atoms with Crippen LogP contribution in [0, 0.1) is 5.82 Å². The van der Waals surface area contributed by atoms with Gasteiger partial charge in [0.2, 0.25) is 0 Å². The normalized spacial score (nSPS) is 10.8. The van der Waals surface area contributed by atoms with Gasteiger partial charge in [0.25, 0.3) is 0 Å². The van der Waals surface area contributed by atoms with Gasteiger partial charge in [0.15, 0.2) is 5.82 Å². The van der Waals surface area contributed by atoms with Crippen LogP contribution in [0.1, 0.15) is 5.69 Å². The van der Waals surface area contributed by atoms with Crippen LogP contribution in [0.15, 0.2) is 41.7 Å². The van der Waals surface area contributed by atoms with Crippen LogP contribution in [0.25, 0.3) is 11.4 Å². The molecule has 2 aromatic heterocycles. The molecule has 0 saturated heterocycles. The standard InChI is InChI=1S/C11H8FN3O/c12-8-4-5-10(15-11(8)7-14-16)9-3-1-2-6-13-9/h1-7,16H/b14-7+. The summed E-state index contributed by atoms with van der Waals surface area (Å²) in [5.74, 6) is -0.544. The van der Waals surface area contributed by atoms with Gasteiger partial charge in [-0.2, -0.15) is 0 Å². The molecule has 0 amide bonds. The van der Waals surface area contributed by atoms with E-state index in [1.807, 2.05) is 6.07 Å². The lowest BCUT2D eigenvalue weighted by Gasteiger charge is -2.01. The van der Waals surface area contributed by atoms with E-state index in [-0.39, 0.29) is 5.69 Å². The topological polar surface area (TPSA) is 58.4 Å². The number of nitrogens with zero attached hydrogens (tertiary/aromatic N) is 3. The van der Waals surface area contributed by atoms with Gasteiger partial charge in [-0.25, -0.2) is 9.37 Å². The summed E-state index contributed by atoms with van der Waals surface area (Å²) in [6.45, 7) is 0. The van der Waals surface area contributed by atoms with Crippen molar-refractivity contribution in [1.82, 2.24) is 9.97 Å². The summed E-state index contributed by atoms with van der Waals surface area (Å²) in [6.07, 6.45) is 2.57. The van der Waals surface area contributed by atoms with E-state index >= 15 is 0 Å². The SMILES string of the molecule is O/N=C/c1nc(-c2ccccn2)ccc1F. The van der Waals surface area contributed by atoms with Crippen LogP contribution in [0.2, 0.25) is 0 Å². The molecule has 4 nitrogen and oxygen atoms in total. The monoisotopic (exact) mass is 217 g/mol. The molecule has 0 fully saturated rings. The second-order valence-electron chi connectivity index (χ2n) is 3.02. The van der Waals surface area contributed by atoms with E-state index in [9.17, 15) is 4.39 Å². The van der Waals surface area contributed by atoms with Gasteiger partial charge in [0.05, 0.1) is 17.6 Å². The van der Waals surface area contributed by atoms with Crippen molar-refractivity contribution >= 4 is 6.21 Å². The van der Waals surface area contributed by atoms with Crippen molar-refractivity contribution in [3.63, 3.8) is 0 Å². The van der Waals surface area contributed by atoms with E-state index in [4.69, 9.17) is 5.21 Å². The van der Waals surface area contributed by atoms with E-state index in [0.717, 1.165) is 6.21 Å². The van der Waals surface area contributed by atoms with Crippen molar-refractivity contribution in [2.24, 2.45) is 5.16 Å². The molecule has 2 heterocycles. The van der Waals surface area contributed by atoms with Crippen LogP contribution in [0.4, 0.5) is 4.39 Å². The molecule has 0 unspecified atom stereocenters. The second-order valence-corrected chi connectivity index (χ2v) is 3.02. The number of oxime groups is 1. The lowest BCUT2D eigenvalue weighted by molar-refractivity contribution is 0.321. The number of hydrogen-bond acceptors (Lipinski definition) is 4. The largest absolute Gasteiger partial charge is 0.411 e. The first-order valence-electron chi connectivity index (χ1n) is 4.56. The smallest absolute Gasteiger partial charge is 0.150 e. The van der Waals surface area contributed by atoms with Gasteiger partial charge in [-0.1, -0.05) is 11.2 Å². The molecule has 1 N–H and O–H groups in total. The zero-order valence-electron chi connectivity index (χ0n) is 8.21. The van der Waals surface area contributed by atoms with Gasteiger partial charge in [0.1, 0.15) is 5.69 Å². The van der Waals surface area contributed by atoms with E-state index in [1.165, 1.54) is 12.1 Å². The minimum absolute atomic E-state index is 0.0225. The minimum atomic E-state index is -0.544. The first-order valence-corrected chi connectivity index (χ1v) is 4.56. The fraction of sp³-hybridized carbons (Fsp3) is 0. The number of aromatic nitrogens is 2. The van der Waals surface area contributed by atoms with Crippen molar-refractivity contribution in [3.05, 3.63) is 48.0 Å². The molecule has 80 valence electrons. The maximum absolute atomic E-state index is 13.2. The molecule has 0 bridgehead atoms. The van der Waals surface area contributed by atoms with Gasteiger partial charge in [-0.3, -0.25) is 4.98 Å². The van der Waals surface area contributed by atoms with Gasteiger partial charge < -0.3 is 5.21 Å². The molecule has 2 rings (SSSR count). The second kappa shape index (κ2) is 4.48. The number of rotatable bonds is 2. The third-order valence-electron chi connectivity index (χ3n) is 1.98. The van der Waals surface area contributed by atoms with Gasteiger partial charge >= 0.3 is 0 Å². The summed E-state index contributed by atoms with van der Waals surface area (Å²) in [5.41, 5.74) is 1.14. The highest BCUT2D eigenvalue weighted by atomic mass is 19.1. The van der Waals surface area contributed by atoms with Crippen LogP contribution in [0.5, 0.6) is 0 Å². The molecule has 2 aromatic rings. The molecule has 0 aliphatic heterocycles. The van der Waals surface area contributed by atoms with Crippen LogP contribution in [-0.4, -0.2) is 21.4 Å². The highest BCUT2D eigenvalue weighted by molar-refractivity contribution is 5.77. The predicted octanol–water partition coefficient (Wildman–Crippen LogP) is 2.09. The summed E-state index contributed by atoms with van der Waals surface area (Å²) >= 11 is 0. The Morgan fingerprint density at radius 3 is 2.75 bits per heavy atom. The molecule has 0 aromatic carbocycles. The summed E-state index contributed by atoms with van der Waals surface area (Å²) in [4.78, 5) is 8.07. The molecule has 0 aliphatic carbocycles. The molecule has 0 spiro atoms. The fourth-order valence-electron chi connectivity index (χ4n) is 1.26. The molecule has 5 heteroatoms. The van der Waals surface area contributed by atoms with Crippen LogP contribution < -0.4 is 0 Å². The highest BCUT2D eigenvalue weighted by Gasteiger charge is 2.05. The molecule has 0 saturated carbocycles. The van der Waals surface area contributed by atoms with Crippen molar-refractivity contribution in [2.75, 3.05) is 0 Å². The van der Waals surface area contributed by atoms with Gasteiger partial charge in [0, 0.05) is 6.20 Å². The van der Waals surface area contributed by atoms with E-state index in [2.05, 4.69) is 15.1 Å². The van der Waals surface area contributed by atoms with E-state index in [0.29, 0.717) is 11.4 Å². The molecular weight excluding hydrogens is 209 g/mol. The lowest BCUT2D eigenvalue weighted by Crippen LogP contribution is -1.96. The highest BCUT2D eigenvalue weighted by Crippen LogP contribution is 2.14. The Morgan fingerprint density at radius 2 is 2.06 bits per heavy atom. The Hall–Kier alpha value is -2.30. The number of hydrogen-bond donors (Lipinski definition) is 1. The van der Waals surface area contributed by atoms with Gasteiger partial charge in [-0.05, 0) is 24.3 Å². The van der Waals surface area contributed by atoms with Crippen molar-refractivity contribution in [1.29, 1.82) is 0 Å². The Bertz CT molecular complexity index is 514. The third kappa shape index (κ3) is 2.03. The molecular formula is C11H8FN3O. The number of halogens is 1. The third-order valence-corrected chi connectivity index (χ3v) is 1.98. The quantitative estimate of drug-likeness (QED) is 0.476. The first-order chi connectivity index (χ1) is 7.81. The van der Waals surface area contributed by atoms with Crippen LogP contribution >= 0.6 is 0 Å². The first kappa shape index (κ1) is 10.2. The average molecular weight is 217 g/mol. The Balaban J connectivity index is 2.48. The molecule has 16 heavy (non-hydrogen) atoms. The summed E-state index contributed by atoms with van der Waals surface area (Å²) in [6, 6.07) is 8.14.